The van der Waals surface area contributed by atoms with E-state index in [2.05, 4.69) is 25.9 Å². The minimum atomic E-state index is -0.571. The Bertz CT molecular complexity index is 1440. The number of hydrogen-bond donors (Lipinski definition) is 3. The fraction of sp³-hybridized carbons (Fsp3) is 0.241. The number of amides is 2. The van der Waals surface area contributed by atoms with E-state index in [9.17, 15) is 9.59 Å². The van der Waals surface area contributed by atoms with Gasteiger partial charge in [0.2, 0.25) is 0 Å². The van der Waals surface area contributed by atoms with Crippen LogP contribution in [0.1, 0.15) is 31.1 Å². The molecule has 0 saturated heterocycles. The van der Waals surface area contributed by atoms with E-state index in [1.165, 1.54) is 6.33 Å². The first-order valence-corrected chi connectivity index (χ1v) is 12.4. The Morgan fingerprint density at radius 1 is 0.897 bits per heavy atom. The Morgan fingerprint density at radius 2 is 1.62 bits per heavy atom. The second-order valence-electron chi connectivity index (χ2n) is 9.54. The third kappa shape index (κ3) is 7.57. The van der Waals surface area contributed by atoms with Crippen LogP contribution in [0.25, 0.3) is 10.9 Å². The van der Waals surface area contributed by atoms with E-state index in [1.54, 1.807) is 52.1 Å². The molecule has 10 nitrogen and oxygen atoms in total. The second-order valence-corrected chi connectivity index (χ2v) is 9.54. The lowest BCUT2D eigenvalue weighted by Crippen LogP contribution is -2.34. The summed E-state index contributed by atoms with van der Waals surface area (Å²) in [4.78, 5) is 33.0. The largest absolute Gasteiger partial charge is 0.493 e. The van der Waals surface area contributed by atoms with Crippen molar-refractivity contribution in [2.75, 3.05) is 30.9 Å². The number of carbonyl (C=O) groups excluding carboxylic acids is 2. The molecule has 0 fully saturated rings. The van der Waals surface area contributed by atoms with Gasteiger partial charge in [-0.25, -0.2) is 14.8 Å². The third-order valence-corrected chi connectivity index (χ3v) is 5.39. The molecule has 0 spiro atoms. The first kappa shape index (κ1) is 27.2. The Kier molecular flexibility index (Phi) is 8.45. The van der Waals surface area contributed by atoms with Gasteiger partial charge in [-0.2, -0.15) is 0 Å². The molecule has 4 rings (SSSR count). The van der Waals surface area contributed by atoms with Gasteiger partial charge in [0.15, 0.2) is 11.5 Å². The van der Waals surface area contributed by atoms with Crippen LogP contribution >= 0.6 is 0 Å². The maximum absolute atomic E-state index is 12.4. The molecule has 3 N–H and O–H groups in total. The number of hydrogen-bond acceptors (Lipinski definition) is 8. The summed E-state index contributed by atoms with van der Waals surface area (Å²) in [5.74, 6) is 1.39. The Labute approximate surface area is 226 Å². The summed E-state index contributed by atoms with van der Waals surface area (Å²) in [6.07, 6.45) is 0.950. The van der Waals surface area contributed by atoms with Gasteiger partial charge in [0, 0.05) is 28.4 Å². The zero-order chi connectivity index (χ0) is 27.8. The first-order valence-electron chi connectivity index (χ1n) is 12.4. The fourth-order valence-electron chi connectivity index (χ4n) is 3.63. The minimum absolute atomic E-state index is 0.177. The third-order valence-electron chi connectivity index (χ3n) is 5.39. The van der Waals surface area contributed by atoms with E-state index in [-0.39, 0.29) is 19.1 Å². The van der Waals surface area contributed by atoms with Gasteiger partial charge in [-0.15, -0.1) is 0 Å². The van der Waals surface area contributed by atoms with Gasteiger partial charge in [-0.3, -0.25) is 4.79 Å². The van der Waals surface area contributed by atoms with Crippen molar-refractivity contribution >= 4 is 40.1 Å². The molecular formula is C29H31N5O5. The van der Waals surface area contributed by atoms with Crippen LogP contribution in [0.3, 0.4) is 0 Å². The summed E-state index contributed by atoms with van der Waals surface area (Å²) >= 11 is 0. The Balaban J connectivity index is 1.42. The molecule has 0 aliphatic rings. The van der Waals surface area contributed by atoms with E-state index in [4.69, 9.17) is 14.2 Å². The molecule has 0 saturated carbocycles. The number of carbonyl (C=O) groups is 2. The molecule has 3 aromatic carbocycles. The molecule has 39 heavy (non-hydrogen) atoms. The summed E-state index contributed by atoms with van der Waals surface area (Å²) in [5, 5.41) is 9.56. The lowest BCUT2D eigenvalue weighted by Gasteiger charge is -2.19. The predicted molar refractivity (Wildman–Crippen MR) is 150 cm³/mol. The standard InChI is InChI=1S/C29H31N5O5/c1-29(2,3)39-28(36)30-14-15-38-25-17-23-22(16-24(25)37-4)26(32-18-31-23)33-20-10-12-21(13-11-20)34-27(35)19-8-6-5-7-9-19/h5-13,16-18H,14-15H2,1-4H3,(H,30,36)(H,34,35)(H,31,32,33). The van der Waals surface area contributed by atoms with E-state index >= 15 is 0 Å². The number of rotatable bonds is 9. The zero-order valence-electron chi connectivity index (χ0n) is 22.3. The number of anilines is 3. The molecule has 0 unspecified atom stereocenters. The van der Waals surface area contributed by atoms with Gasteiger partial charge in [0.1, 0.15) is 24.4 Å². The van der Waals surface area contributed by atoms with E-state index < -0.39 is 11.7 Å². The van der Waals surface area contributed by atoms with Crippen LogP contribution in [0, 0.1) is 0 Å². The van der Waals surface area contributed by atoms with E-state index in [0.29, 0.717) is 34.1 Å². The predicted octanol–water partition coefficient (Wildman–Crippen LogP) is 5.54. The molecule has 202 valence electrons. The van der Waals surface area contributed by atoms with Gasteiger partial charge >= 0.3 is 6.09 Å². The molecule has 0 bridgehead atoms. The molecule has 0 aliphatic heterocycles. The lowest BCUT2D eigenvalue weighted by molar-refractivity contribution is 0.0520. The highest BCUT2D eigenvalue weighted by Gasteiger charge is 2.16. The second kappa shape index (κ2) is 12.1. The number of fused-ring (bicyclic) bond motifs is 1. The normalized spacial score (nSPS) is 11.0. The zero-order valence-corrected chi connectivity index (χ0v) is 22.3. The number of nitrogens with one attached hydrogen (secondary N) is 3. The molecule has 1 aromatic heterocycles. The maximum Gasteiger partial charge on any atom is 0.407 e. The topological polar surface area (TPSA) is 124 Å². The number of methoxy groups -OCH3 is 1. The van der Waals surface area contributed by atoms with Crippen molar-refractivity contribution in [1.82, 2.24) is 15.3 Å². The molecule has 10 heteroatoms. The van der Waals surface area contributed by atoms with Crippen LogP contribution in [-0.2, 0) is 4.74 Å². The lowest BCUT2D eigenvalue weighted by atomic mass is 10.2. The van der Waals surface area contributed by atoms with Crippen LogP contribution in [0.2, 0.25) is 0 Å². The van der Waals surface area contributed by atoms with E-state index in [1.807, 2.05) is 42.5 Å². The van der Waals surface area contributed by atoms with Crippen LogP contribution in [0.15, 0.2) is 73.1 Å². The van der Waals surface area contributed by atoms with Crippen LogP contribution in [0.4, 0.5) is 22.0 Å². The molecule has 0 radical (unpaired) electrons. The summed E-state index contributed by atoms with van der Waals surface area (Å²) in [6.45, 7) is 5.87. The van der Waals surface area contributed by atoms with Gasteiger partial charge in [-0.1, -0.05) is 18.2 Å². The van der Waals surface area contributed by atoms with Crippen molar-refractivity contribution < 1.29 is 23.8 Å². The Morgan fingerprint density at radius 3 is 2.31 bits per heavy atom. The van der Waals surface area contributed by atoms with Gasteiger partial charge in [-0.05, 0) is 63.2 Å². The highest BCUT2D eigenvalue weighted by atomic mass is 16.6. The number of ether oxygens (including phenoxy) is 3. The number of nitrogens with zero attached hydrogens (tertiary/aromatic N) is 2. The SMILES string of the molecule is COc1cc2c(Nc3ccc(NC(=O)c4ccccc4)cc3)ncnc2cc1OCCNC(=O)OC(C)(C)C. The average molecular weight is 530 g/mol. The average Bonchev–Trinajstić information content (AvgIpc) is 2.91. The number of benzene rings is 3. The maximum atomic E-state index is 12.4. The smallest absolute Gasteiger partial charge is 0.407 e. The molecule has 1 heterocycles. The molecular weight excluding hydrogens is 498 g/mol. The highest BCUT2D eigenvalue weighted by Crippen LogP contribution is 2.34. The number of alkyl carbamates (subject to hydrolysis) is 1. The molecule has 2 amide bonds. The molecule has 4 aromatic rings. The van der Waals surface area contributed by atoms with Crippen molar-refractivity contribution in [1.29, 1.82) is 0 Å². The summed E-state index contributed by atoms with van der Waals surface area (Å²) in [6, 6.07) is 19.9. The van der Waals surface area contributed by atoms with Crippen molar-refractivity contribution in [2.24, 2.45) is 0 Å². The van der Waals surface area contributed by atoms with Crippen LogP contribution < -0.4 is 25.4 Å². The summed E-state index contributed by atoms with van der Waals surface area (Å²) < 4.78 is 16.6. The van der Waals surface area contributed by atoms with Crippen molar-refractivity contribution in [3.8, 4) is 11.5 Å². The van der Waals surface area contributed by atoms with Crippen LogP contribution in [0.5, 0.6) is 11.5 Å². The summed E-state index contributed by atoms with van der Waals surface area (Å²) in [5.41, 5.74) is 2.11. The van der Waals surface area contributed by atoms with Crippen molar-refractivity contribution in [3.63, 3.8) is 0 Å². The first-order chi connectivity index (χ1) is 18.7. The molecule has 0 atom stereocenters. The number of aromatic nitrogens is 2. The van der Waals surface area contributed by atoms with E-state index in [0.717, 1.165) is 11.1 Å². The van der Waals surface area contributed by atoms with Crippen molar-refractivity contribution in [3.05, 3.63) is 78.6 Å². The van der Waals surface area contributed by atoms with Gasteiger partial charge < -0.3 is 30.2 Å². The minimum Gasteiger partial charge on any atom is -0.493 e. The van der Waals surface area contributed by atoms with Crippen molar-refractivity contribution in [2.45, 2.75) is 26.4 Å². The highest BCUT2D eigenvalue weighted by molar-refractivity contribution is 6.04. The Hall–Kier alpha value is -4.86. The summed E-state index contributed by atoms with van der Waals surface area (Å²) in [7, 11) is 1.55. The molecule has 0 aliphatic carbocycles. The monoisotopic (exact) mass is 529 g/mol. The van der Waals surface area contributed by atoms with Gasteiger partial charge in [0.25, 0.3) is 5.91 Å². The quantitative estimate of drug-likeness (QED) is 0.242. The fourth-order valence-corrected chi connectivity index (χ4v) is 3.63. The van der Waals surface area contributed by atoms with Crippen LogP contribution in [-0.4, -0.2) is 47.8 Å². The van der Waals surface area contributed by atoms with Gasteiger partial charge in [0.05, 0.1) is 19.2 Å².